The lowest BCUT2D eigenvalue weighted by molar-refractivity contribution is 0.0243. The highest BCUT2D eigenvalue weighted by molar-refractivity contribution is 5.92. The van der Waals surface area contributed by atoms with Gasteiger partial charge >= 0.3 is 0 Å². The summed E-state index contributed by atoms with van der Waals surface area (Å²) in [6.07, 6.45) is 5.04. The van der Waals surface area contributed by atoms with Gasteiger partial charge in [0.2, 0.25) is 5.82 Å². The predicted molar refractivity (Wildman–Crippen MR) is 93.4 cm³/mol. The van der Waals surface area contributed by atoms with Crippen molar-refractivity contribution in [2.24, 2.45) is 0 Å². The number of pyridine rings is 1. The first-order valence-electron chi connectivity index (χ1n) is 8.85. The Labute approximate surface area is 155 Å². The zero-order valence-corrected chi connectivity index (χ0v) is 14.9. The first kappa shape index (κ1) is 17.3. The van der Waals surface area contributed by atoms with Gasteiger partial charge in [0, 0.05) is 56.6 Å². The zero-order chi connectivity index (χ0) is 18.9. The topological polar surface area (TPSA) is 89.9 Å². The Balaban J connectivity index is 1.47. The van der Waals surface area contributed by atoms with Crippen LogP contribution < -0.4 is 0 Å². The molecular weight excluding hydrogens is 351 g/mol. The van der Waals surface area contributed by atoms with Crippen LogP contribution in [0.3, 0.4) is 0 Å². The lowest BCUT2D eigenvalue weighted by atomic mass is 9.93. The van der Waals surface area contributed by atoms with Crippen LogP contribution in [0.25, 0.3) is 11.4 Å². The minimum absolute atomic E-state index is 0.0417. The van der Waals surface area contributed by atoms with Crippen LogP contribution in [-0.4, -0.2) is 48.8 Å². The number of halogens is 1. The average Bonchev–Trinajstić information content (AvgIpc) is 3.38. The van der Waals surface area contributed by atoms with Crippen molar-refractivity contribution >= 4 is 5.91 Å². The number of carbonyl (C=O) groups is 1. The van der Waals surface area contributed by atoms with Gasteiger partial charge in [-0.3, -0.25) is 14.5 Å². The molecule has 0 aromatic carbocycles. The molecule has 8 nitrogen and oxygen atoms in total. The van der Waals surface area contributed by atoms with E-state index >= 15 is 4.39 Å². The van der Waals surface area contributed by atoms with E-state index in [-0.39, 0.29) is 37.7 Å². The fraction of sp³-hybridized carbons (Fsp3) is 0.389. The Hall–Kier alpha value is -3.10. The number of nitrogens with zero attached hydrogens (tertiary/aromatic N) is 6. The van der Waals surface area contributed by atoms with Crippen molar-refractivity contribution in [1.82, 2.24) is 29.8 Å². The van der Waals surface area contributed by atoms with Gasteiger partial charge < -0.3 is 9.42 Å². The summed E-state index contributed by atoms with van der Waals surface area (Å²) in [4.78, 5) is 22.5. The van der Waals surface area contributed by atoms with E-state index in [1.54, 1.807) is 46.4 Å². The highest BCUT2D eigenvalue weighted by atomic mass is 19.1. The fourth-order valence-corrected chi connectivity index (χ4v) is 3.23. The number of aryl methyl sites for hydroxylation is 1. The molecule has 1 amide bonds. The number of amides is 1. The van der Waals surface area contributed by atoms with Crippen molar-refractivity contribution in [3.63, 3.8) is 0 Å². The fourth-order valence-electron chi connectivity index (χ4n) is 3.23. The Morgan fingerprint density at radius 1 is 1.22 bits per heavy atom. The van der Waals surface area contributed by atoms with Crippen molar-refractivity contribution < 1.29 is 13.7 Å². The highest BCUT2D eigenvalue weighted by Gasteiger charge is 2.43. The van der Waals surface area contributed by atoms with Crippen molar-refractivity contribution in [3.8, 4) is 11.4 Å². The molecule has 9 heteroatoms. The number of piperidine rings is 1. The maximum absolute atomic E-state index is 15.4. The van der Waals surface area contributed by atoms with Gasteiger partial charge in [-0.15, -0.1) is 0 Å². The van der Waals surface area contributed by atoms with Crippen LogP contribution in [0, 0.1) is 0 Å². The van der Waals surface area contributed by atoms with Crippen molar-refractivity contribution in [2.75, 3.05) is 13.1 Å². The van der Waals surface area contributed by atoms with Crippen LogP contribution in [0.4, 0.5) is 4.39 Å². The van der Waals surface area contributed by atoms with Gasteiger partial charge in [0.15, 0.2) is 5.67 Å². The molecule has 0 aliphatic carbocycles. The molecule has 1 fully saturated rings. The van der Waals surface area contributed by atoms with Crippen molar-refractivity contribution in [2.45, 2.75) is 32.0 Å². The minimum atomic E-state index is -1.74. The molecule has 0 unspecified atom stereocenters. The Kier molecular flexibility index (Phi) is 4.43. The summed E-state index contributed by atoms with van der Waals surface area (Å²) < 4.78 is 22.2. The van der Waals surface area contributed by atoms with Gasteiger partial charge in [0.1, 0.15) is 5.69 Å². The number of rotatable bonds is 4. The van der Waals surface area contributed by atoms with Crippen LogP contribution in [0.2, 0.25) is 0 Å². The molecule has 0 atom stereocenters. The molecule has 0 radical (unpaired) electrons. The second-order valence-electron chi connectivity index (χ2n) is 6.45. The minimum Gasteiger partial charge on any atom is -0.337 e. The van der Waals surface area contributed by atoms with Gasteiger partial charge in [0.05, 0.1) is 0 Å². The largest absolute Gasteiger partial charge is 0.337 e. The molecule has 27 heavy (non-hydrogen) atoms. The van der Waals surface area contributed by atoms with Gasteiger partial charge in [-0.1, -0.05) is 5.16 Å². The second-order valence-corrected chi connectivity index (χ2v) is 6.45. The number of aromatic nitrogens is 5. The van der Waals surface area contributed by atoms with Crippen LogP contribution in [0.15, 0.2) is 41.3 Å². The molecule has 0 bridgehead atoms. The molecule has 0 N–H and O–H groups in total. The third-order valence-corrected chi connectivity index (χ3v) is 4.83. The van der Waals surface area contributed by atoms with E-state index in [2.05, 4.69) is 20.2 Å². The summed E-state index contributed by atoms with van der Waals surface area (Å²) in [5.74, 6) is 0.147. The molecule has 3 aromatic rings. The van der Waals surface area contributed by atoms with E-state index < -0.39 is 5.67 Å². The summed E-state index contributed by atoms with van der Waals surface area (Å²) in [5.41, 5.74) is -0.509. The number of hydrogen-bond donors (Lipinski definition) is 0. The number of likely N-dealkylation sites (tertiary alicyclic amines) is 1. The first-order chi connectivity index (χ1) is 13.1. The number of hydrogen-bond acceptors (Lipinski definition) is 6. The van der Waals surface area contributed by atoms with Gasteiger partial charge in [-0.2, -0.15) is 10.1 Å². The summed E-state index contributed by atoms with van der Waals surface area (Å²) in [7, 11) is 0. The zero-order valence-electron chi connectivity index (χ0n) is 14.9. The van der Waals surface area contributed by atoms with E-state index in [9.17, 15) is 4.79 Å². The molecule has 3 aromatic heterocycles. The van der Waals surface area contributed by atoms with E-state index in [1.165, 1.54) is 0 Å². The third-order valence-electron chi connectivity index (χ3n) is 4.83. The van der Waals surface area contributed by atoms with E-state index in [1.807, 2.05) is 6.92 Å². The van der Waals surface area contributed by atoms with Crippen LogP contribution in [0.5, 0.6) is 0 Å². The Morgan fingerprint density at radius 3 is 2.67 bits per heavy atom. The summed E-state index contributed by atoms with van der Waals surface area (Å²) in [5, 5.41) is 7.99. The third kappa shape index (κ3) is 3.20. The van der Waals surface area contributed by atoms with Crippen LogP contribution >= 0.6 is 0 Å². The molecule has 1 saturated heterocycles. The second kappa shape index (κ2) is 6.90. The molecule has 0 spiro atoms. The monoisotopic (exact) mass is 370 g/mol. The molecule has 4 heterocycles. The highest BCUT2D eigenvalue weighted by Crippen LogP contribution is 2.37. The number of alkyl halides is 1. The van der Waals surface area contributed by atoms with Crippen LogP contribution in [0.1, 0.15) is 36.1 Å². The summed E-state index contributed by atoms with van der Waals surface area (Å²) >= 11 is 0. The number of carbonyl (C=O) groups excluding carboxylic acids is 1. The van der Waals surface area contributed by atoms with E-state index in [4.69, 9.17) is 4.52 Å². The molecule has 1 aliphatic heterocycles. The molecule has 140 valence electrons. The average molecular weight is 370 g/mol. The maximum Gasteiger partial charge on any atom is 0.272 e. The summed E-state index contributed by atoms with van der Waals surface area (Å²) in [6.45, 7) is 3.08. The van der Waals surface area contributed by atoms with Gasteiger partial charge in [-0.05, 0) is 25.1 Å². The summed E-state index contributed by atoms with van der Waals surface area (Å²) in [6, 6.07) is 5.15. The lowest BCUT2D eigenvalue weighted by Gasteiger charge is -2.34. The first-order valence-corrected chi connectivity index (χ1v) is 8.85. The molecule has 0 saturated carbocycles. The molecule has 1 aliphatic rings. The molecular formula is C18H19FN6O2. The Bertz CT molecular complexity index is 930. The SMILES string of the molecule is CCn1nccc1C(=O)N1CCC(F)(c2nc(-c3ccncc3)no2)CC1. The van der Waals surface area contributed by atoms with E-state index in [0.29, 0.717) is 23.6 Å². The van der Waals surface area contributed by atoms with E-state index in [0.717, 1.165) is 0 Å². The molecule has 4 rings (SSSR count). The van der Waals surface area contributed by atoms with Gasteiger partial charge in [-0.25, -0.2) is 4.39 Å². The smallest absolute Gasteiger partial charge is 0.272 e. The standard InChI is InChI=1S/C18H19FN6O2/c1-2-25-14(5-10-21-25)16(26)24-11-6-18(19,7-12-24)17-22-15(23-27-17)13-3-8-20-9-4-13/h3-5,8-10H,2,6-7,11-12H2,1H3. The quantitative estimate of drug-likeness (QED) is 0.701. The maximum atomic E-state index is 15.4. The van der Waals surface area contributed by atoms with Crippen molar-refractivity contribution in [1.29, 1.82) is 0 Å². The normalized spacial score (nSPS) is 16.4. The predicted octanol–water partition coefficient (Wildman–Crippen LogP) is 2.45. The van der Waals surface area contributed by atoms with Crippen LogP contribution in [-0.2, 0) is 12.2 Å². The lowest BCUT2D eigenvalue weighted by Crippen LogP contribution is -2.44. The Morgan fingerprint density at radius 2 is 1.96 bits per heavy atom. The van der Waals surface area contributed by atoms with Gasteiger partial charge in [0.25, 0.3) is 11.8 Å². The van der Waals surface area contributed by atoms with Crippen molar-refractivity contribution in [3.05, 3.63) is 48.4 Å².